The Morgan fingerprint density at radius 3 is 1.13 bits per heavy atom. The first-order chi connectivity index (χ1) is 32.7. The summed E-state index contributed by atoms with van der Waals surface area (Å²) in [5.74, 6) is 10.1. The summed E-state index contributed by atoms with van der Waals surface area (Å²) >= 11 is 0. The minimum absolute atomic E-state index is 0. The van der Waals surface area contributed by atoms with Crippen LogP contribution in [0.2, 0.25) is 0 Å². The van der Waals surface area contributed by atoms with E-state index in [4.69, 9.17) is 18.5 Å². The molecule has 20 rings (SSSR count). The Bertz CT molecular complexity index is 2900. The Labute approximate surface area is 429 Å². The van der Waals surface area contributed by atoms with E-state index in [-0.39, 0.29) is 96.0 Å². The fourth-order valence-electron chi connectivity index (χ4n) is 6.85. The predicted octanol–water partition coefficient (Wildman–Crippen LogP) is 0.781. The first-order valence-electron chi connectivity index (χ1n) is 20.9. The quantitative estimate of drug-likeness (QED) is 0.103. The van der Waals surface area contributed by atoms with Gasteiger partial charge in [0.05, 0.1) is 11.1 Å². The van der Waals surface area contributed by atoms with E-state index in [9.17, 15) is 38.1 Å². The predicted molar refractivity (Wildman–Crippen MR) is 248 cm³/mol. The van der Waals surface area contributed by atoms with E-state index in [1.807, 2.05) is 24.3 Å². The molecule has 18 heteroatoms. The van der Waals surface area contributed by atoms with E-state index in [0.717, 1.165) is 25.3 Å². The summed E-state index contributed by atoms with van der Waals surface area (Å²) in [5, 5.41) is 5.84. The molecule has 0 saturated carbocycles. The molecule has 14 aliphatic rings. The fraction of sp³-hybridized carbons (Fsp3) is 0.154. The van der Waals surface area contributed by atoms with E-state index >= 15 is 0 Å². The van der Waals surface area contributed by atoms with Crippen LogP contribution in [0.3, 0.4) is 0 Å². The standard InChI is InChI=1S/C52H44N2O12P2.2Li/c1-63-67(59,60)33-47-27-46-32-66-52(58)44-24-16-38(17-25-44)9-7-36-12-20-42(21-13-36)50(56)54-30-40-5-3-4-39(26-40)29-53-49(55)41-18-10-35(11-19-41)6-8-37-14-22-43(23-15-37)51(57)65-31-45(47)28-48(46)34-68(61,62)64-2;;/h3-5,10-28H,29-34H2,1-2H3,(H,53,55)(H,54,56)(H,59,60)(H,61,62);;/q;2*+1/p-2. The SMILES string of the molecule is COP(=O)([O-])Cc1cc2c(CP(=O)([O-])OC)cc1COC(=O)c1ccc(cc1)C#Cc1ccc(cc1)C(=O)NCc1cccc(c1)CNC(=O)c1ccc(cc1)C#Cc1ccc(cc1)C(=O)OC2.[Li+].[Li+]. The fourth-order valence-corrected chi connectivity index (χ4v) is 8.53. The first-order valence-corrected chi connectivity index (χ1v) is 24.4. The van der Waals surface area contributed by atoms with Gasteiger partial charge in [-0.1, -0.05) is 60.1 Å². The van der Waals surface area contributed by atoms with Gasteiger partial charge in [-0.3, -0.25) is 9.59 Å². The zero-order valence-electron chi connectivity index (χ0n) is 38.7. The summed E-state index contributed by atoms with van der Waals surface area (Å²) in [6, 6.07) is 36.3. The van der Waals surface area contributed by atoms with Crippen LogP contribution in [0.5, 0.6) is 0 Å². The van der Waals surface area contributed by atoms with Gasteiger partial charge in [0.2, 0.25) is 0 Å². The summed E-state index contributed by atoms with van der Waals surface area (Å²) in [4.78, 5) is 78.0. The number of ether oxygens (including phenoxy) is 2. The minimum atomic E-state index is -4.48. The molecule has 6 aromatic carbocycles. The number of carbonyl (C=O) groups excluding carboxylic acids is 4. The number of rotatable bonds is 6. The normalized spacial score (nSPS) is 14.7. The van der Waals surface area contributed by atoms with Crippen LogP contribution in [0.25, 0.3) is 0 Å². The number of esters is 2. The van der Waals surface area contributed by atoms with Crippen molar-refractivity contribution < 1.29 is 94.3 Å². The second-order valence-electron chi connectivity index (χ2n) is 15.4. The van der Waals surface area contributed by atoms with Crippen LogP contribution in [-0.2, 0) is 66.3 Å². The van der Waals surface area contributed by atoms with Gasteiger partial charge in [-0.2, -0.15) is 0 Å². The molecule has 0 saturated heterocycles. The summed E-state index contributed by atoms with van der Waals surface area (Å²) < 4.78 is 46.1. The van der Waals surface area contributed by atoms with E-state index in [1.54, 1.807) is 72.8 Å². The van der Waals surface area contributed by atoms with Crippen LogP contribution in [-0.4, -0.2) is 38.0 Å². The van der Waals surface area contributed by atoms with Crippen LogP contribution in [0.4, 0.5) is 0 Å². The van der Waals surface area contributed by atoms with Crippen LogP contribution in [0.15, 0.2) is 133 Å². The molecule has 14 nitrogen and oxygen atoms in total. The van der Waals surface area contributed by atoms with Crippen molar-refractivity contribution >= 4 is 38.9 Å². The molecule has 0 fully saturated rings. The molecule has 6 aromatic rings. The Balaban J connectivity index is 0.00000456. The molecule has 2 atom stereocenters. The number of carbonyl (C=O) groups is 4. The van der Waals surface area contributed by atoms with Gasteiger partial charge in [0, 0.05) is 73.0 Å². The Kier molecular flexibility index (Phi) is 19.6. The van der Waals surface area contributed by atoms with Crippen LogP contribution < -0.4 is 58.1 Å². The average Bonchev–Trinajstić information content (AvgIpc) is 3.35. The van der Waals surface area contributed by atoms with Gasteiger partial charge in [0.1, 0.15) is 28.4 Å². The second-order valence-corrected chi connectivity index (χ2v) is 19.2. The molecule has 2 N–H and O–H groups in total. The molecule has 0 aliphatic carbocycles. The molecular weight excluding hydrogens is 920 g/mol. The molecule has 344 valence electrons. The molecule has 12 bridgehead atoms. The summed E-state index contributed by atoms with van der Waals surface area (Å²) in [7, 11) is -6.97. The molecule has 0 radical (unpaired) electrons. The van der Waals surface area contributed by atoms with E-state index < -0.39 is 52.7 Å². The topological polar surface area (TPSA) is 210 Å². The van der Waals surface area contributed by atoms with Crippen molar-refractivity contribution in [1.29, 1.82) is 0 Å². The molecule has 0 spiro atoms. The van der Waals surface area contributed by atoms with Gasteiger partial charge in [0.25, 0.3) is 11.8 Å². The van der Waals surface area contributed by atoms with Crippen LogP contribution >= 0.6 is 15.2 Å². The van der Waals surface area contributed by atoms with Crippen LogP contribution in [0, 0.1) is 23.7 Å². The third-order valence-electron chi connectivity index (χ3n) is 10.7. The van der Waals surface area contributed by atoms with E-state index in [1.165, 1.54) is 36.4 Å². The van der Waals surface area contributed by atoms with Gasteiger partial charge < -0.3 is 48.1 Å². The number of benzene rings is 6. The van der Waals surface area contributed by atoms with Crippen molar-refractivity contribution in [3.8, 4) is 23.7 Å². The minimum Gasteiger partial charge on any atom is -0.778 e. The monoisotopic (exact) mass is 962 g/mol. The molecule has 70 heavy (non-hydrogen) atoms. The van der Waals surface area contributed by atoms with Crippen molar-refractivity contribution in [3.05, 3.63) is 211 Å². The van der Waals surface area contributed by atoms with Gasteiger partial charge in [0.15, 0.2) is 0 Å². The first kappa shape index (κ1) is 54.8. The van der Waals surface area contributed by atoms with Crippen molar-refractivity contribution in [2.45, 2.75) is 38.6 Å². The number of hydrogen-bond acceptors (Lipinski definition) is 12. The average molecular weight is 963 g/mol. The maximum atomic E-state index is 13.3. The van der Waals surface area contributed by atoms with Crippen molar-refractivity contribution in [2.75, 3.05) is 14.2 Å². The Morgan fingerprint density at radius 2 is 0.814 bits per heavy atom. The molecule has 14 aliphatic heterocycles. The molecular formula is C52H42Li2N2O12P2. The Morgan fingerprint density at radius 1 is 0.500 bits per heavy atom. The number of hydrogen-bond donors (Lipinski definition) is 2. The van der Waals surface area contributed by atoms with Crippen molar-refractivity contribution in [2.24, 2.45) is 0 Å². The van der Waals surface area contributed by atoms with Crippen molar-refractivity contribution in [3.63, 3.8) is 0 Å². The molecule has 2 amide bonds. The van der Waals surface area contributed by atoms with Gasteiger partial charge >= 0.3 is 49.7 Å². The summed E-state index contributed by atoms with van der Waals surface area (Å²) in [6.07, 6.45) is -1.31. The zero-order chi connectivity index (χ0) is 48.3. The maximum absolute atomic E-state index is 13.3. The van der Waals surface area contributed by atoms with Gasteiger partial charge in [-0.15, -0.1) is 0 Å². The van der Waals surface area contributed by atoms with Gasteiger partial charge in [-0.05, 0) is 130 Å². The molecule has 14 heterocycles. The second kappa shape index (κ2) is 25.1. The van der Waals surface area contributed by atoms with Crippen LogP contribution in [0.1, 0.15) is 97.1 Å². The smallest absolute Gasteiger partial charge is 0.778 e. The molecule has 2 unspecified atom stereocenters. The summed E-state index contributed by atoms with van der Waals surface area (Å²) in [5.41, 5.74) is 5.90. The maximum Gasteiger partial charge on any atom is 1.00 e. The van der Waals surface area contributed by atoms with Gasteiger partial charge in [-0.25, -0.2) is 9.59 Å². The van der Waals surface area contributed by atoms with E-state index in [2.05, 4.69) is 34.3 Å². The molecule has 0 aromatic heterocycles. The Hall–Kier alpha value is -6.19. The third kappa shape index (κ3) is 15.4. The van der Waals surface area contributed by atoms with Crippen molar-refractivity contribution in [1.82, 2.24) is 10.6 Å². The third-order valence-corrected chi connectivity index (χ3v) is 13.2. The number of nitrogens with one attached hydrogen (secondary N) is 2. The zero-order valence-corrected chi connectivity index (χ0v) is 40.5. The summed E-state index contributed by atoms with van der Waals surface area (Å²) in [6.45, 7) is -0.385. The number of amides is 2. The largest absolute Gasteiger partial charge is 1.00 e. The van der Waals surface area contributed by atoms with E-state index in [0.29, 0.717) is 33.4 Å².